The highest BCUT2D eigenvalue weighted by atomic mass is 19.1. The van der Waals surface area contributed by atoms with Crippen LogP contribution in [0.3, 0.4) is 0 Å². The van der Waals surface area contributed by atoms with E-state index in [-0.39, 0.29) is 11.6 Å². The zero-order valence-corrected chi connectivity index (χ0v) is 14.7. The first-order valence-electron chi connectivity index (χ1n) is 8.37. The normalized spacial score (nSPS) is 10.4. The van der Waals surface area contributed by atoms with Crippen LogP contribution in [0.15, 0.2) is 65.1 Å². The van der Waals surface area contributed by atoms with Gasteiger partial charge in [-0.1, -0.05) is 24.3 Å². The fraction of sp³-hybridized carbons (Fsp3) is 0.143. The van der Waals surface area contributed by atoms with Gasteiger partial charge in [-0.25, -0.2) is 9.18 Å². The molecule has 0 aliphatic rings. The Morgan fingerprint density at radius 3 is 2.52 bits per heavy atom. The highest BCUT2D eigenvalue weighted by molar-refractivity contribution is 5.89. The number of hydrogen-bond donors (Lipinski definition) is 1. The maximum Gasteiger partial charge on any atom is 0.374 e. The molecule has 0 radical (unpaired) electrons. The molecule has 0 fully saturated rings. The molecule has 27 heavy (non-hydrogen) atoms. The Labute approximate surface area is 155 Å². The highest BCUT2D eigenvalue weighted by Crippen LogP contribution is 2.22. The van der Waals surface area contributed by atoms with Gasteiger partial charge < -0.3 is 14.5 Å². The van der Waals surface area contributed by atoms with Crippen LogP contribution in [0.1, 0.15) is 21.7 Å². The molecule has 5 nitrogen and oxygen atoms in total. The van der Waals surface area contributed by atoms with Crippen molar-refractivity contribution in [3.8, 4) is 11.3 Å². The van der Waals surface area contributed by atoms with Gasteiger partial charge in [-0.2, -0.15) is 0 Å². The molecule has 0 bridgehead atoms. The maximum atomic E-state index is 13.0. The molecule has 2 aromatic carbocycles. The Morgan fingerprint density at radius 2 is 1.78 bits per heavy atom. The molecule has 1 heterocycles. The predicted molar refractivity (Wildman–Crippen MR) is 97.4 cm³/mol. The molecule has 3 aromatic rings. The smallest absolute Gasteiger partial charge is 0.374 e. The third-order valence-electron chi connectivity index (χ3n) is 4.01. The fourth-order valence-electron chi connectivity index (χ4n) is 2.47. The lowest BCUT2D eigenvalue weighted by atomic mass is 10.1. The number of furan rings is 1. The molecule has 0 spiro atoms. The van der Waals surface area contributed by atoms with Crippen molar-refractivity contribution in [1.82, 2.24) is 5.32 Å². The summed E-state index contributed by atoms with van der Waals surface area (Å²) in [5.41, 5.74) is 2.69. The number of aryl methyl sites for hydroxylation is 1. The summed E-state index contributed by atoms with van der Waals surface area (Å²) in [6.45, 7) is 1.91. The first-order chi connectivity index (χ1) is 13.0. The van der Waals surface area contributed by atoms with Crippen LogP contribution in [0.4, 0.5) is 4.39 Å². The minimum Gasteiger partial charge on any atom is -0.450 e. The van der Waals surface area contributed by atoms with Crippen LogP contribution in [-0.4, -0.2) is 18.5 Å². The van der Waals surface area contributed by atoms with E-state index in [4.69, 9.17) is 9.15 Å². The Balaban J connectivity index is 1.51. The van der Waals surface area contributed by atoms with Gasteiger partial charge in [-0.15, -0.1) is 0 Å². The van der Waals surface area contributed by atoms with Gasteiger partial charge in [0.2, 0.25) is 5.76 Å². The number of amides is 1. The monoisotopic (exact) mass is 367 g/mol. The second-order valence-electron chi connectivity index (χ2n) is 5.95. The molecule has 6 heteroatoms. The number of halogens is 1. The summed E-state index contributed by atoms with van der Waals surface area (Å²) >= 11 is 0. The average Bonchev–Trinajstić information content (AvgIpc) is 3.16. The van der Waals surface area contributed by atoms with Crippen molar-refractivity contribution < 1.29 is 23.1 Å². The third kappa shape index (κ3) is 4.82. The van der Waals surface area contributed by atoms with Gasteiger partial charge in [-0.3, -0.25) is 4.79 Å². The number of hydrogen-bond acceptors (Lipinski definition) is 4. The molecule has 0 aliphatic heterocycles. The molecule has 0 saturated heterocycles. The van der Waals surface area contributed by atoms with Crippen LogP contribution in [0.5, 0.6) is 0 Å². The summed E-state index contributed by atoms with van der Waals surface area (Å²) < 4.78 is 23.4. The molecule has 0 atom stereocenters. The summed E-state index contributed by atoms with van der Waals surface area (Å²) in [5, 5.41) is 2.70. The number of nitrogens with one attached hydrogen (secondary N) is 1. The molecular formula is C21H18FNO4. The van der Waals surface area contributed by atoms with Crippen LogP contribution >= 0.6 is 0 Å². The van der Waals surface area contributed by atoms with E-state index in [1.165, 1.54) is 18.2 Å². The Morgan fingerprint density at radius 1 is 1.04 bits per heavy atom. The molecule has 0 saturated carbocycles. The first kappa shape index (κ1) is 18.4. The van der Waals surface area contributed by atoms with Crippen molar-refractivity contribution in [2.75, 3.05) is 6.61 Å². The summed E-state index contributed by atoms with van der Waals surface area (Å²) in [6, 6.07) is 16.4. The number of benzene rings is 2. The van der Waals surface area contributed by atoms with Crippen molar-refractivity contribution in [3.63, 3.8) is 0 Å². The second-order valence-corrected chi connectivity index (χ2v) is 5.95. The van der Waals surface area contributed by atoms with E-state index < -0.39 is 18.5 Å². The number of carbonyl (C=O) groups is 2. The Bertz CT molecular complexity index is 947. The van der Waals surface area contributed by atoms with Crippen LogP contribution in [-0.2, 0) is 16.1 Å². The number of ether oxygens (including phenoxy) is 1. The van der Waals surface area contributed by atoms with E-state index in [0.717, 1.165) is 11.1 Å². The maximum absolute atomic E-state index is 13.0. The molecular weight excluding hydrogens is 349 g/mol. The lowest BCUT2D eigenvalue weighted by Gasteiger charge is -2.08. The first-order valence-corrected chi connectivity index (χ1v) is 8.37. The van der Waals surface area contributed by atoms with Crippen LogP contribution in [0.2, 0.25) is 0 Å². The van der Waals surface area contributed by atoms with Crippen molar-refractivity contribution in [2.45, 2.75) is 13.5 Å². The highest BCUT2D eigenvalue weighted by Gasteiger charge is 2.15. The molecule has 0 unspecified atom stereocenters. The van der Waals surface area contributed by atoms with Gasteiger partial charge in [0, 0.05) is 12.1 Å². The van der Waals surface area contributed by atoms with Gasteiger partial charge in [-0.05, 0) is 54.4 Å². The SMILES string of the molecule is Cc1ccccc1CNC(=O)COC(=O)c1ccc(-c2ccc(F)cc2)o1. The Hall–Kier alpha value is -3.41. The largest absolute Gasteiger partial charge is 0.450 e. The van der Waals surface area contributed by atoms with E-state index in [9.17, 15) is 14.0 Å². The van der Waals surface area contributed by atoms with Crippen molar-refractivity contribution in [3.05, 3.63) is 83.4 Å². The zero-order chi connectivity index (χ0) is 19.2. The quantitative estimate of drug-likeness (QED) is 0.672. The van der Waals surface area contributed by atoms with Gasteiger partial charge in [0.1, 0.15) is 11.6 Å². The van der Waals surface area contributed by atoms with E-state index in [1.807, 2.05) is 31.2 Å². The van der Waals surface area contributed by atoms with E-state index >= 15 is 0 Å². The molecule has 138 valence electrons. The molecule has 3 rings (SSSR count). The fourth-order valence-corrected chi connectivity index (χ4v) is 2.47. The van der Waals surface area contributed by atoms with E-state index in [1.54, 1.807) is 18.2 Å². The number of esters is 1. The third-order valence-corrected chi connectivity index (χ3v) is 4.01. The number of rotatable bonds is 6. The Kier molecular flexibility index (Phi) is 5.66. The summed E-state index contributed by atoms with van der Waals surface area (Å²) in [7, 11) is 0. The zero-order valence-electron chi connectivity index (χ0n) is 14.7. The molecule has 1 aromatic heterocycles. The topological polar surface area (TPSA) is 68.5 Å². The lowest BCUT2D eigenvalue weighted by Crippen LogP contribution is -2.28. The van der Waals surface area contributed by atoms with Crippen LogP contribution in [0.25, 0.3) is 11.3 Å². The standard InChI is InChI=1S/C21H18FNO4/c1-14-4-2-3-5-16(14)12-23-20(24)13-26-21(25)19-11-10-18(27-19)15-6-8-17(22)9-7-15/h2-11H,12-13H2,1H3,(H,23,24). The van der Waals surface area contributed by atoms with Crippen LogP contribution < -0.4 is 5.32 Å². The lowest BCUT2D eigenvalue weighted by molar-refractivity contribution is -0.124. The van der Waals surface area contributed by atoms with Crippen LogP contribution in [0, 0.1) is 12.7 Å². The van der Waals surface area contributed by atoms with E-state index in [2.05, 4.69) is 5.32 Å². The van der Waals surface area contributed by atoms with E-state index in [0.29, 0.717) is 17.9 Å². The van der Waals surface area contributed by atoms with Crippen molar-refractivity contribution in [1.29, 1.82) is 0 Å². The van der Waals surface area contributed by atoms with Crippen molar-refractivity contribution >= 4 is 11.9 Å². The van der Waals surface area contributed by atoms with Gasteiger partial charge in [0.05, 0.1) is 0 Å². The van der Waals surface area contributed by atoms with Gasteiger partial charge >= 0.3 is 5.97 Å². The average molecular weight is 367 g/mol. The van der Waals surface area contributed by atoms with Gasteiger partial charge in [0.25, 0.3) is 5.91 Å². The number of carbonyl (C=O) groups excluding carboxylic acids is 2. The summed E-state index contributed by atoms with van der Waals surface area (Å²) in [6.07, 6.45) is 0. The summed E-state index contributed by atoms with van der Waals surface area (Å²) in [4.78, 5) is 23.9. The second kappa shape index (κ2) is 8.31. The predicted octanol–water partition coefficient (Wildman–Crippen LogP) is 3.87. The van der Waals surface area contributed by atoms with Gasteiger partial charge in [0.15, 0.2) is 6.61 Å². The molecule has 0 aliphatic carbocycles. The molecule has 1 N–H and O–H groups in total. The minimum atomic E-state index is -0.741. The van der Waals surface area contributed by atoms with Crippen molar-refractivity contribution in [2.24, 2.45) is 0 Å². The minimum absolute atomic E-state index is 0.0268. The molecule has 1 amide bonds. The summed E-state index contributed by atoms with van der Waals surface area (Å²) in [5.74, 6) is -1.13.